The van der Waals surface area contributed by atoms with Gasteiger partial charge >= 0.3 is 78.6 Å². The Labute approximate surface area is 227 Å². The molecule has 0 rings (SSSR count). The fraction of sp³-hybridized carbons (Fsp3) is 1.00. The first kappa shape index (κ1) is 42.3. The number of alkyl halides is 22. The number of unbranched alkanes of at least 4 members (excludes halogenated alkanes) is 1. The van der Waals surface area contributed by atoms with Gasteiger partial charge in [0.2, 0.25) is 0 Å². The highest BCUT2D eigenvalue weighted by atomic mass is 32.2. The monoisotopic (exact) mass is 754 g/mol. The number of hydrogen-bond donors (Lipinski definition) is 0. The van der Waals surface area contributed by atoms with E-state index >= 15 is 0 Å². The van der Waals surface area contributed by atoms with Crippen LogP contribution >= 0.6 is 0 Å². The zero-order valence-electron chi connectivity index (χ0n) is 19.4. The smallest absolute Gasteiger partial charge is 0.265 e. The topological polar surface area (TPSA) is 86.7 Å². The molecule has 0 aliphatic carbocycles. The van der Waals surface area contributed by atoms with Gasteiger partial charge in [0, 0.05) is 0 Å². The Morgan fingerprint density at radius 1 is 0.341 bits per heavy atom. The van der Waals surface area contributed by atoms with Crippen molar-refractivity contribution in [1.82, 2.24) is 0 Å². The van der Waals surface area contributed by atoms with Gasteiger partial charge in [0.25, 0.3) is 0 Å². The Kier molecular flexibility index (Phi) is 11.1. The predicted octanol–water partition coefficient (Wildman–Crippen LogP) is 6.58. The minimum absolute atomic E-state index is 1.59. The lowest BCUT2D eigenvalue weighted by molar-refractivity contribution is -0.413. The summed E-state index contributed by atoms with van der Waals surface area (Å²) in [5.74, 6) is -48.7. The van der Waals surface area contributed by atoms with E-state index in [1.165, 1.54) is 0 Å². The summed E-state index contributed by atoms with van der Waals surface area (Å²) >= 11 is 0. The molecule has 0 aliphatic heterocycles. The fourth-order valence-electron chi connectivity index (χ4n) is 2.12. The lowest BCUT2D eigenvalue weighted by atomic mass is 10.0. The summed E-state index contributed by atoms with van der Waals surface area (Å²) in [7, 11) is -15.4. The Morgan fingerprint density at radius 2 is 0.545 bits per heavy atom. The summed E-state index contributed by atoms with van der Waals surface area (Å²) < 4.78 is 334. The highest BCUT2D eigenvalue weighted by molar-refractivity contribution is 7.88. The van der Waals surface area contributed by atoms with E-state index in [1.807, 2.05) is 0 Å². The van der Waals surface area contributed by atoms with E-state index in [-0.39, 0.29) is 0 Å². The molecule has 0 atom stereocenters. The van der Waals surface area contributed by atoms with Crippen LogP contribution in [-0.2, 0) is 28.6 Å². The van der Waals surface area contributed by atoms with Gasteiger partial charge in [0.15, 0.2) is 0 Å². The second kappa shape index (κ2) is 11.5. The number of rotatable bonds is 15. The molecule has 0 radical (unpaired) electrons. The molecule has 30 heteroatoms. The molecule has 0 aromatic carbocycles. The van der Waals surface area contributed by atoms with Crippen LogP contribution in [0.3, 0.4) is 0 Å². The van der Waals surface area contributed by atoms with Crippen LogP contribution in [0.15, 0.2) is 0 Å². The average Bonchev–Trinajstić information content (AvgIpc) is 2.78. The molecule has 0 N–H and O–H groups in total. The molecule has 0 spiro atoms. The van der Waals surface area contributed by atoms with Crippen LogP contribution in [0, 0.1) is 0 Å². The van der Waals surface area contributed by atoms with E-state index in [1.54, 1.807) is 0 Å². The summed E-state index contributed by atoms with van der Waals surface area (Å²) in [6, 6.07) is 0. The maximum Gasteiger partial charge on any atom is 0.460 e. The lowest BCUT2D eigenvalue weighted by Crippen LogP contribution is -2.68. The summed E-state index contributed by atoms with van der Waals surface area (Å²) in [6.07, 6.45) is -18.5. The van der Waals surface area contributed by atoms with Crippen LogP contribution in [-0.4, -0.2) is 88.4 Å². The normalized spacial score (nSPS) is 16.4. The van der Waals surface area contributed by atoms with Crippen LogP contribution < -0.4 is 0 Å². The molecule has 0 aromatic heterocycles. The van der Waals surface area contributed by atoms with Gasteiger partial charge in [-0.1, -0.05) is 0 Å². The van der Waals surface area contributed by atoms with Gasteiger partial charge in [0.05, 0.1) is 13.2 Å². The summed E-state index contributed by atoms with van der Waals surface area (Å²) in [4.78, 5) is 0. The van der Waals surface area contributed by atoms with E-state index in [2.05, 4.69) is 8.37 Å². The number of halogens is 22. The molecule has 0 saturated carbocycles. The summed E-state index contributed by atoms with van der Waals surface area (Å²) in [5, 5.41) is -15.3. The van der Waals surface area contributed by atoms with Gasteiger partial charge in [-0.3, -0.25) is 8.37 Å². The molecule has 0 heterocycles. The predicted molar refractivity (Wildman–Crippen MR) is 90.7 cm³/mol. The zero-order valence-corrected chi connectivity index (χ0v) is 21.0. The van der Waals surface area contributed by atoms with Crippen molar-refractivity contribution in [3.63, 3.8) is 0 Å². The highest BCUT2D eigenvalue weighted by Gasteiger charge is 2.91. The van der Waals surface area contributed by atoms with Crippen molar-refractivity contribution in [3.8, 4) is 0 Å². The minimum Gasteiger partial charge on any atom is -0.265 e. The van der Waals surface area contributed by atoms with Crippen LogP contribution in [0.4, 0.5) is 96.6 Å². The molecule has 0 aromatic rings. The maximum atomic E-state index is 13.5. The third-order valence-corrected chi connectivity index (χ3v) is 7.39. The van der Waals surface area contributed by atoms with Crippen molar-refractivity contribution >= 4 is 20.2 Å². The molecule has 0 bridgehead atoms. The Bertz CT molecular complexity index is 1140. The second-order valence-electron chi connectivity index (χ2n) is 7.73. The Hall–Kier alpha value is -1.72. The first-order valence-corrected chi connectivity index (χ1v) is 12.5. The van der Waals surface area contributed by atoms with Crippen LogP contribution in [0.25, 0.3) is 0 Å². The molecule has 0 unspecified atom stereocenters. The molecular weight excluding hydrogens is 746 g/mol. The lowest BCUT2D eigenvalue weighted by Gasteiger charge is -2.36. The molecule has 266 valence electrons. The molecular formula is C14H8F22O6S2. The molecule has 44 heavy (non-hydrogen) atoms. The quantitative estimate of drug-likeness (QED) is 0.107. The summed E-state index contributed by atoms with van der Waals surface area (Å²) in [5.41, 5.74) is 0. The zero-order chi connectivity index (χ0) is 36.2. The van der Waals surface area contributed by atoms with Crippen LogP contribution in [0.5, 0.6) is 0 Å². The van der Waals surface area contributed by atoms with Crippen molar-refractivity contribution in [2.24, 2.45) is 0 Å². The maximum absolute atomic E-state index is 13.5. The van der Waals surface area contributed by atoms with E-state index in [9.17, 15) is 113 Å². The SMILES string of the molecule is O=S(=O)(OCCCCOS(=O)(=O)C(F)(F)C(F)(F)C(F)(F)C(F)(F)C(F)(F)F)C(F)(F)C(F)(F)C(F)(F)C(F)(F)C(F)(F)F. The molecule has 6 nitrogen and oxygen atoms in total. The van der Waals surface area contributed by atoms with E-state index in [0.29, 0.717) is 0 Å². The Morgan fingerprint density at radius 3 is 0.727 bits per heavy atom. The van der Waals surface area contributed by atoms with Crippen molar-refractivity contribution < 1.29 is 122 Å². The summed E-state index contributed by atoms with van der Waals surface area (Å²) in [6.45, 7) is -4.36. The van der Waals surface area contributed by atoms with Crippen molar-refractivity contribution in [2.45, 2.75) is 71.2 Å². The van der Waals surface area contributed by atoms with E-state index < -0.39 is 105 Å². The minimum atomic E-state index is -8.21. The van der Waals surface area contributed by atoms with E-state index in [0.717, 1.165) is 0 Å². The first-order valence-electron chi connectivity index (χ1n) is 9.64. The third-order valence-electron chi connectivity index (χ3n) is 4.66. The van der Waals surface area contributed by atoms with Gasteiger partial charge in [-0.05, 0) is 12.8 Å². The molecule has 0 aliphatic rings. The van der Waals surface area contributed by atoms with Crippen molar-refractivity contribution in [1.29, 1.82) is 0 Å². The van der Waals surface area contributed by atoms with Gasteiger partial charge in [-0.2, -0.15) is 113 Å². The average molecular weight is 754 g/mol. The van der Waals surface area contributed by atoms with Crippen molar-refractivity contribution in [3.05, 3.63) is 0 Å². The van der Waals surface area contributed by atoms with Gasteiger partial charge in [-0.25, -0.2) is 0 Å². The largest absolute Gasteiger partial charge is 0.460 e. The van der Waals surface area contributed by atoms with Gasteiger partial charge in [-0.15, -0.1) is 0 Å². The number of hydrogen-bond acceptors (Lipinski definition) is 6. The van der Waals surface area contributed by atoms with Gasteiger partial charge < -0.3 is 0 Å². The molecule has 0 saturated heterocycles. The van der Waals surface area contributed by atoms with Crippen molar-refractivity contribution in [2.75, 3.05) is 13.2 Å². The third kappa shape index (κ3) is 6.31. The highest BCUT2D eigenvalue weighted by Crippen LogP contribution is 2.60. The first-order chi connectivity index (χ1) is 18.7. The molecule has 0 fully saturated rings. The Balaban J connectivity index is 5.68. The van der Waals surface area contributed by atoms with Crippen LogP contribution in [0.1, 0.15) is 12.8 Å². The fourth-order valence-corrected chi connectivity index (χ4v) is 3.97. The second-order valence-corrected chi connectivity index (χ2v) is 11.0. The molecule has 0 amide bonds. The van der Waals surface area contributed by atoms with E-state index in [4.69, 9.17) is 0 Å². The standard InChI is InChI=1S/C14H8F22O6S2/c15-5(16,7(19,20)11(27,28)29)9(23,24)13(33,34)43(37,38)41-3-1-2-4-42-44(39,40)14(35,36)10(25,26)6(17,18)8(21,22)12(30,31)32/h1-4H2. The van der Waals surface area contributed by atoms with Crippen LogP contribution in [0.2, 0.25) is 0 Å². The van der Waals surface area contributed by atoms with Gasteiger partial charge in [0.1, 0.15) is 0 Å².